The predicted octanol–water partition coefficient (Wildman–Crippen LogP) is 2.01. The van der Waals surface area contributed by atoms with E-state index in [1.54, 1.807) is 6.20 Å². The molecule has 0 bridgehead atoms. The third kappa shape index (κ3) is 2.03. The molecule has 1 aromatic heterocycles. The van der Waals surface area contributed by atoms with Gasteiger partial charge in [-0.3, -0.25) is 4.79 Å². The van der Waals surface area contributed by atoms with Crippen molar-refractivity contribution in [3.63, 3.8) is 0 Å². The van der Waals surface area contributed by atoms with Crippen LogP contribution in [0, 0.1) is 12.8 Å². The highest BCUT2D eigenvalue weighted by atomic mass is 16.4. The van der Waals surface area contributed by atoms with Crippen molar-refractivity contribution in [3.05, 3.63) is 18.2 Å². The first-order chi connectivity index (χ1) is 7.18. The molecule has 1 saturated carbocycles. The molecule has 2 rings (SSSR count). The van der Waals surface area contributed by atoms with Gasteiger partial charge in [0.05, 0.1) is 5.92 Å². The van der Waals surface area contributed by atoms with Crippen molar-refractivity contribution >= 4 is 5.97 Å². The van der Waals surface area contributed by atoms with E-state index >= 15 is 0 Å². The van der Waals surface area contributed by atoms with Gasteiger partial charge in [-0.15, -0.1) is 0 Å². The Bertz CT molecular complexity index is 359. The van der Waals surface area contributed by atoms with E-state index in [2.05, 4.69) is 9.55 Å². The normalized spacial score (nSPS) is 26.5. The van der Waals surface area contributed by atoms with E-state index in [9.17, 15) is 4.79 Å². The summed E-state index contributed by atoms with van der Waals surface area (Å²) in [6, 6.07) is 0.322. The number of nitrogens with zero attached hydrogens (tertiary/aromatic N) is 2. The Morgan fingerprint density at radius 2 is 2.40 bits per heavy atom. The number of rotatable bonds is 2. The summed E-state index contributed by atoms with van der Waals surface area (Å²) in [4.78, 5) is 15.1. The quantitative estimate of drug-likeness (QED) is 0.808. The van der Waals surface area contributed by atoms with Crippen LogP contribution in [0.5, 0.6) is 0 Å². The lowest BCUT2D eigenvalue weighted by Crippen LogP contribution is -2.24. The maximum absolute atomic E-state index is 10.9. The lowest BCUT2D eigenvalue weighted by Gasteiger charge is -2.28. The average Bonchev–Trinajstić information content (AvgIpc) is 2.64. The van der Waals surface area contributed by atoms with Crippen LogP contribution >= 0.6 is 0 Å². The van der Waals surface area contributed by atoms with E-state index < -0.39 is 5.97 Å². The van der Waals surface area contributed by atoms with Crippen LogP contribution in [-0.2, 0) is 4.79 Å². The predicted molar refractivity (Wildman–Crippen MR) is 55.6 cm³/mol. The van der Waals surface area contributed by atoms with Crippen LogP contribution in [0.1, 0.15) is 37.5 Å². The Labute approximate surface area is 88.9 Å². The molecule has 2 unspecified atom stereocenters. The smallest absolute Gasteiger partial charge is 0.306 e. The topological polar surface area (TPSA) is 55.1 Å². The van der Waals surface area contributed by atoms with Crippen LogP contribution in [0.4, 0.5) is 0 Å². The number of carbonyl (C=O) groups is 1. The van der Waals surface area contributed by atoms with E-state index in [0.717, 1.165) is 31.5 Å². The lowest BCUT2D eigenvalue weighted by atomic mass is 9.85. The van der Waals surface area contributed by atoms with Crippen molar-refractivity contribution < 1.29 is 9.90 Å². The summed E-state index contributed by atoms with van der Waals surface area (Å²) in [6.07, 6.45) is 7.36. The van der Waals surface area contributed by atoms with Crippen LogP contribution in [0.3, 0.4) is 0 Å². The fourth-order valence-electron chi connectivity index (χ4n) is 2.41. The average molecular weight is 208 g/mol. The number of hydrogen-bond acceptors (Lipinski definition) is 2. The lowest BCUT2D eigenvalue weighted by molar-refractivity contribution is -0.143. The molecular formula is C11H16N2O2. The third-order valence-electron chi connectivity index (χ3n) is 3.25. The fourth-order valence-corrected chi connectivity index (χ4v) is 2.41. The van der Waals surface area contributed by atoms with Gasteiger partial charge in [0.15, 0.2) is 0 Å². The van der Waals surface area contributed by atoms with E-state index in [0.29, 0.717) is 6.04 Å². The molecule has 4 heteroatoms. The second kappa shape index (κ2) is 4.04. The summed E-state index contributed by atoms with van der Waals surface area (Å²) < 4.78 is 2.11. The van der Waals surface area contributed by atoms with Gasteiger partial charge in [0.2, 0.25) is 0 Å². The maximum atomic E-state index is 10.9. The molecule has 0 amide bonds. The molecule has 0 radical (unpaired) electrons. The molecule has 1 heterocycles. The Kier molecular flexibility index (Phi) is 2.75. The maximum Gasteiger partial charge on any atom is 0.306 e. The Balaban J connectivity index is 2.11. The number of aryl methyl sites for hydroxylation is 1. The standard InChI is InChI=1S/C11H16N2O2/c1-8-12-5-6-13(8)10-4-2-3-9(7-10)11(14)15/h5-6,9-10H,2-4,7H2,1H3,(H,14,15). The first kappa shape index (κ1) is 10.2. The minimum Gasteiger partial charge on any atom is -0.481 e. The second-order valence-corrected chi connectivity index (χ2v) is 4.24. The number of aliphatic carboxylic acids is 1. The van der Waals surface area contributed by atoms with Crippen molar-refractivity contribution in [2.24, 2.45) is 5.92 Å². The molecule has 0 spiro atoms. The molecule has 1 N–H and O–H groups in total. The van der Waals surface area contributed by atoms with Crippen LogP contribution in [0.2, 0.25) is 0 Å². The number of imidazole rings is 1. The van der Waals surface area contributed by atoms with Crippen LogP contribution in [-0.4, -0.2) is 20.6 Å². The zero-order valence-corrected chi connectivity index (χ0v) is 8.89. The van der Waals surface area contributed by atoms with Gasteiger partial charge in [0.25, 0.3) is 0 Å². The first-order valence-electron chi connectivity index (χ1n) is 5.40. The molecule has 1 fully saturated rings. The second-order valence-electron chi connectivity index (χ2n) is 4.24. The zero-order valence-electron chi connectivity index (χ0n) is 8.89. The van der Waals surface area contributed by atoms with Crippen molar-refractivity contribution in [2.45, 2.75) is 38.6 Å². The number of hydrogen-bond donors (Lipinski definition) is 1. The van der Waals surface area contributed by atoms with Gasteiger partial charge >= 0.3 is 5.97 Å². The van der Waals surface area contributed by atoms with Crippen molar-refractivity contribution in [3.8, 4) is 0 Å². The van der Waals surface area contributed by atoms with Crippen LogP contribution < -0.4 is 0 Å². The van der Waals surface area contributed by atoms with Gasteiger partial charge in [-0.1, -0.05) is 6.42 Å². The minimum atomic E-state index is -0.655. The Hall–Kier alpha value is -1.32. The third-order valence-corrected chi connectivity index (χ3v) is 3.25. The van der Waals surface area contributed by atoms with E-state index in [-0.39, 0.29) is 5.92 Å². The Morgan fingerprint density at radius 3 is 3.00 bits per heavy atom. The summed E-state index contributed by atoms with van der Waals surface area (Å²) >= 11 is 0. The number of carboxylic acid groups (broad SMARTS) is 1. The van der Waals surface area contributed by atoms with E-state index in [4.69, 9.17) is 5.11 Å². The molecular weight excluding hydrogens is 192 g/mol. The largest absolute Gasteiger partial charge is 0.481 e. The molecule has 15 heavy (non-hydrogen) atoms. The Morgan fingerprint density at radius 1 is 1.60 bits per heavy atom. The summed E-state index contributed by atoms with van der Waals surface area (Å²) in [7, 11) is 0. The van der Waals surface area contributed by atoms with Crippen LogP contribution in [0.25, 0.3) is 0 Å². The van der Waals surface area contributed by atoms with Gasteiger partial charge < -0.3 is 9.67 Å². The minimum absolute atomic E-state index is 0.175. The van der Waals surface area contributed by atoms with Crippen LogP contribution in [0.15, 0.2) is 12.4 Å². The van der Waals surface area contributed by atoms with E-state index in [1.807, 2.05) is 13.1 Å². The molecule has 82 valence electrons. The molecule has 0 aliphatic heterocycles. The van der Waals surface area contributed by atoms with Gasteiger partial charge in [-0.2, -0.15) is 0 Å². The molecule has 0 saturated heterocycles. The summed E-state index contributed by atoms with van der Waals surface area (Å²) in [5.74, 6) is 0.147. The highest BCUT2D eigenvalue weighted by Crippen LogP contribution is 2.33. The van der Waals surface area contributed by atoms with Crippen molar-refractivity contribution in [1.29, 1.82) is 0 Å². The molecule has 1 aromatic rings. The van der Waals surface area contributed by atoms with Gasteiger partial charge in [0.1, 0.15) is 5.82 Å². The molecule has 0 aromatic carbocycles. The highest BCUT2D eigenvalue weighted by molar-refractivity contribution is 5.70. The monoisotopic (exact) mass is 208 g/mol. The summed E-state index contributed by atoms with van der Waals surface area (Å²) in [5, 5.41) is 9.00. The first-order valence-corrected chi connectivity index (χ1v) is 5.40. The highest BCUT2D eigenvalue weighted by Gasteiger charge is 2.28. The number of aromatic nitrogens is 2. The number of carboxylic acids is 1. The molecule has 1 aliphatic rings. The zero-order chi connectivity index (χ0) is 10.8. The molecule has 4 nitrogen and oxygen atoms in total. The van der Waals surface area contributed by atoms with E-state index in [1.165, 1.54) is 0 Å². The molecule has 1 aliphatic carbocycles. The van der Waals surface area contributed by atoms with Crippen molar-refractivity contribution in [2.75, 3.05) is 0 Å². The summed E-state index contributed by atoms with van der Waals surface area (Å²) in [5.41, 5.74) is 0. The van der Waals surface area contributed by atoms with Gasteiger partial charge in [0, 0.05) is 18.4 Å². The molecule has 2 atom stereocenters. The fraction of sp³-hybridized carbons (Fsp3) is 0.636. The van der Waals surface area contributed by atoms with Crippen molar-refractivity contribution in [1.82, 2.24) is 9.55 Å². The van der Waals surface area contributed by atoms with Gasteiger partial charge in [-0.05, 0) is 26.2 Å². The summed E-state index contributed by atoms with van der Waals surface area (Å²) in [6.45, 7) is 1.96. The SMILES string of the molecule is Cc1nccn1C1CCCC(C(=O)O)C1. The van der Waals surface area contributed by atoms with Gasteiger partial charge in [-0.25, -0.2) is 4.98 Å².